The Morgan fingerprint density at radius 1 is 1.14 bits per heavy atom. The number of amides is 1. The van der Waals surface area contributed by atoms with Crippen molar-refractivity contribution in [3.8, 4) is 5.69 Å². The van der Waals surface area contributed by atoms with Gasteiger partial charge in [-0.05, 0) is 50.1 Å². The van der Waals surface area contributed by atoms with Crippen molar-refractivity contribution in [1.29, 1.82) is 0 Å². The Labute approximate surface area is 166 Å². The summed E-state index contributed by atoms with van der Waals surface area (Å²) < 4.78 is 15.1. The first-order chi connectivity index (χ1) is 13.3. The number of hydrogen-bond donors (Lipinski definition) is 1. The van der Waals surface area contributed by atoms with Gasteiger partial charge in [0.15, 0.2) is 5.03 Å². The largest absolute Gasteiger partial charge is 0.325 e. The lowest BCUT2D eigenvalue weighted by atomic mass is 10.1. The zero-order chi connectivity index (χ0) is 20.3. The Bertz CT molecular complexity index is 1100. The smallest absolute Gasteiger partial charge is 0.287 e. The Kier molecular flexibility index (Phi) is 5.94. The second-order valence-corrected chi connectivity index (χ2v) is 7.46. The van der Waals surface area contributed by atoms with Crippen LogP contribution in [0.2, 0.25) is 0 Å². The van der Waals surface area contributed by atoms with Crippen LogP contribution in [0.4, 0.5) is 10.1 Å². The van der Waals surface area contributed by atoms with Crippen molar-refractivity contribution in [2.75, 3.05) is 11.1 Å². The SMILES string of the molecule is Cc1ccc(NC(=O)CSc2nccn(-c3ccc(C)c(F)c3)c2=O)c(C)c1. The third-order valence-corrected chi connectivity index (χ3v) is 5.20. The summed E-state index contributed by atoms with van der Waals surface area (Å²) in [6.45, 7) is 5.57. The van der Waals surface area contributed by atoms with Crippen LogP contribution in [0, 0.1) is 26.6 Å². The van der Waals surface area contributed by atoms with Crippen molar-refractivity contribution in [3.63, 3.8) is 0 Å². The standard InChI is InChI=1S/C21H20FN3O2S/c1-13-4-7-18(15(3)10-13)24-19(26)12-28-20-21(27)25(9-8-23-20)16-6-5-14(2)17(22)11-16/h4-11H,12H2,1-3H3,(H,24,26). The highest BCUT2D eigenvalue weighted by Gasteiger charge is 2.12. The molecule has 28 heavy (non-hydrogen) atoms. The van der Waals surface area contributed by atoms with Crippen LogP contribution in [0.1, 0.15) is 16.7 Å². The minimum absolute atomic E-state index is 0.0435. The van der Waals surface area contributed by atoms with Gasteiger partial charge in [-0.1, -0.05) is 35.5 Å². The minimum atomic E-state index is -0.393. The van der Waals surface area contributed by atoms with Gasteiger partial charge in [-0.25, -0.2) is 9.37 Å². The van der Waals surface area contributed by atoms with Crippen molar-refractivity contribution < 1.29 is 9.18 Å². The zero-order valence-corrected chi connectivity index (χ0v) is 16.6. The van der Waals surface area contributed by atoms with E-state index in [4.69, 9.17) is 0 Å². The van der Waals surface area contributed by atoms with Crippen LogP contribution >= 0.6 is 11.8 Å². The van der Waals surface area contributed by atoms with E-state index in [9.17, 15) is 14.0 Å². The monoisotopic (exact) mass is 397 g/mol. The van der Waals surface area contributed by atoms with Gasteiger partial charge in [0, 0.05) is 18.1 Å². The molecular formula is C21H20FN3O2S. The molecule has 0 aliphatic heterocycles. The lowest BCUT2D eigenvalue weighted by Crippen LogP contribution is -2.22. The van der Waals surface area contributed by atoms with E-state index >= 15 is 0 Å². The number of hydrogen-bond acceptors (Lipinski definition) is 4. The van der Waals surface area contributed by atoms with Crippen LogP contribution in [0.25, 0.3) is 5.69 Å². The third-order valence-electron chi connectivity index (χ3n) is 4.24. The first-order valence-corrected chi connectivity index (χ1v) is 9.68. The summed E-state index contributed by atoms with van der Waals surface area (Å²) in [5.41, 5.74) is 3.35. The molecular weight excluding hydrogens is 377 g/mol. The lowest BCUT2D eigenvalue weighted by Gasteiger charge is -2.10. The molecule has 7 heteroatoms. The summed E-state index contributed by atoms with van der Waals surface area (Å²) >= 11 is 1.05. The van der Waals surface area contributed by atoms with E-state index in [1.54, 1.807) is 19.1 Å². The van der Waals surface area contributed by atoms with Crippen molar-refractivity contribution in [2.24, 2.45) is 0 Å². The molecule has 0 unspecified atom stereocenters. The van der Waals surface area contributed by atoms with E-state index in [-0.39, 0.29) is 22.5 Å². The molecule has 1 aromatic heterocycles. The number of halogens is 1. The minimum Gasteiger partial charge on any atom is -0.325 e. The van der Waals surface area contributed by atoms with Crippen LogP contribution in [0.5, 0.6) is 0 Å². The number of aromatic nitrogens is 2. The average molecular weight is 397 g/mol. The van der Waals surface area contributed by atoms with E-state index in [0.717, 1.165) is 28.6 Å². The fraction of sp³-hybridized carbons (Fsp3) is 0.190. The number of carbonyl (C=O) groups excluding carboxylic acids is 1. The molecule has 144 valence electrons. The molecule has 0 bridgehead atoms. The Balaban J connectivity index is 1.73. The van der Waals surface area contributed by atoms with Crippen LogP contribution in [-0.4, -0.2) is 21.2 Å². The average Bonchev–Trinajstić information content (AvgIpc) is 2.65. The molecule has 0 aliphatic carbocycles. The predicted molar refractivity (Wildman–Crippen MR) is 110 cm³/mol. The van der Waals surface area contributed by atoms with Gasteiger partial charge in [0.25, 0.3) is 5.56 Å². The molecule has 2 aromatic carbocycles. The van der Waals surface area contributed by atoms with Crippen molar-refractivity contribution >= 4 is 23.4 Å². The summed E-state index contributed by atoms with van der Waals surface area (Å²) in [5, 5.41) is 3.02. The molecule has 0 saturated heterocycles. The second kappa shape index (κ2) is 8.39. The summed E-state index contributed by atoms with van der Waals surface area (Å²) in [6.07, 6.45) is 2.94. The number of thioether (sulfide) groups is 1. The first-order valence-electron chi connectivity index (χ1n) is 8.69. The number of benzene rings is 2. The van der Waals surface area contributed by atoms with Gasteiger partial charge in [0.05, 0.1) is 11.4 Å². The molecule has 3 rings (SSSR count). The van der Waals surface area contributed by atoms with Gasteiger partial charge < -0.3 is 5.32 Å². The molecule has 1 amide bonds. The molecule has 0 spiro atoms. The Morgan fingerprint density at radius 2 is 1.93 bits per heavy atom. The van der Waals surface area contributed by atoms with Crippen LogP contribution < -0.4 is 10.9 Å². The normalized spacial score (nSPS) is 10.7. The maximum absolute atomic E-state index is 13.8. The summed E-state index contributed by atoms with van der Waals surface area (Å²) in [4.78, 5) is 29.0. The van der Waals surface area contributed by atoms with Crippen LogP contribution in [0.3, 0.4) is 0 Å². The summed E-state index contributed by atoms with van der Waals surface area (Å²) in [6, 6.07) is 10.3. The molecule has 1 heterocycles. The molecule has 0 saturated carbocycles. The first kappa shape index (κ1) is 19.8. The van der Waals surface area contributed by atoms with Gasteiger partial charge in [0.1, 0.15) is 5.82 Å². The summed E-state index contributed by atoms with van der Waals surface area (Å²) in [7, 11) is 0. The van der Waals surface area contributed by atoms with Gasteiger partial charge >= 0.3 is 0 Å². The Hall–Kier alpha value is -2.93. The van der Waals surface area contributed by atoms with E-state index in [2.05, 4.69) is 10.3 Å². The molecule has 3 aromatic rings. The Morgan fingerprint density at radius 3 is 2.64 bits per heavy atom. The van der Waals surface area contributed by atoms with E-state index in [1.165, 1.54) is 23.0 Å². The highest BCUT2D eigenvalue weighted by Crippen LogP contribution is 2.18. The van der Waals surface area contributed by atoms with Gasteiger partial charge in [-0.2, -0.15) is 0 Å². The quantitative estimate of drug-likeness (QED) is 0.661. The van der Waals surface area contributed by atoms with E-state index < -0.39 is 5.56 Å². The number of nitrogens with one attached hydrogen (secondary N) is 1. The van der Waals surface area contributed by atoms with Gasteiger partial charge in [0.2, 0.25) is 5.91 Å². The molecule has 0 atom stereocenters. The molecule has 0 radical (unpaired) electrons. The number of carbonyl (C=O) groups is 1. The predicted octanol–water partition coefficient (Wildman–Crippen LogP) is 4.03. The van der Waals surface area contributed by atoms with E-state index in [0.29, 0.717) is 11.3 Å². The van der Waals surface area contributed by atoms with Crippen molar-refractivity contribution in [1.82, 2.24) is 9.55 Å². The number of aryl methyl sites for hydroxylation is 3. The number of rotatable bonds is 5. The summed E-state index contributed by atoms with van der Waals surface area (Å²) in [5.74, 6) is -0.569. The van der Waals surface area contributed by atoms with E-state index in [1.807, 2.05) is 32.0 Å². The highest BCUT2D eigenvalue weighted by atomic mass is 32.2. The zero-order valence-electron chi connectivity index (χ0n) is 15.8. The second-order valence-electron chi connectivity index (χ2n) is 6.50. The lowest BCUT2D eigenvalue weighted by molar-refractivity contribution is -0.113. The van der Waals surface area contributed by atoms with Crippen molar-refractivity contribution in [3.05, 3.63) is 81.7 Å². The highest BCUT2D eigenvalue weighted by molar-refractivity contribution is 7.99. The molecule has 5 nitrogen and oxygen atoms in total. The van der Waals surface area contributed by atoms with Crippen molar-refractivity contribution in [2.45, 2.75) is 25.8 Å². The third kappa shape index (κ3) is 4.48. The molecule has 1 N–H and O–H groups in total. The maximum atomic E-state index is 13.8. The topological polar surface area (TPSA) is 64.0 Å². The molecule has 0 aliphatic rings. The number of nitrogens with zero attached hydrogens (tertiary/aromatic N) is 2. The van der Waals surface area contributed by atoms with Crippen LogP contribution in [0.15, 0.2) is 58.6 Å². The fourth-order valence-electron chi connectivity index (χ4n) is 2.70. The fourth-order valence-corrected chi connectivity index (χ4v) is 3.40. The van der Waals surface area contributed by atoms with Gasteiger partial charge in [-0.3, -0.25) is 14.2 Å². The van der Waals surface area contributed by atoms with Gasteiger partial charge in [-0.15, -0.1) is 0 Å². The number of anilines is 1. The van der Waals surface area contributed by atoms with Crippen LogP contribution in [-0.2, 0) is 4.79 Å². The molecule has 0 fully saturated rings. The maximum Gasteiger partial charge on any atom is 0.287 e.